The third-order valence-electron chi connectivity index (χ3n) is 3.67. The van der Waals surface area contributed by atoms with Crippen molar-refractivity contribution >= 4 is 0 Å². The maximum absolute atomic E-state index is 6.25. The fourth-order valence-electron chi connectivity index (χ4n) is 2.90. The summed E-state index contributed by atoms with van der Waals surface area (Å²) in [5.41, 5.74) is 2.40. The van der Waals surface area contributed by atoms with Gasteiger partial charge in [-0.1, -0.05) is 39.2 Å². The molecule has 0 saturated carbocycles. The van der Waals surface area contributed by atoms with Gasteiger partial charge in [0.25, 0.3) is 0 Å². The van der Waals surface area contributed by atoms with Crippen molar-refractivity contribution in [3.8, 4) is 0 Å². The van der Waals surface area contributed by atoms with Gasteiger partial charge in [-0.05, 0) is 44.4 Å². The van der Waals surface area contributed by atoms with Crippen LogP contribution in [-0.4, -0.2) is 24.3 Å². The van der Waals surface area contributed by atoms with Gasteiger partial charge in [0.2, 0.25) is 0 Å². The smallest absolute Gasteiger partial charge is 0.0987 e. The Kier molecular flexibility index (Phi) is 6.02. The minimum atomic E-state index is -0.106. The van der Waals surface area contributed by atoms with Crippen LogP contribution in [0.1, 0.15) is 47.0 Å². The highest BCUT2D eigenvalue weighted by Gasteiger charge is 2.37. The Balaban J connectivity index is 0.000000861. The maximum Gasteiger partial charge on any atom is 0.0987 e. The van der Waals surface area contributed by atoms with Gasteiger partial charge in [0.05, 0.1) is 11.7 Å². The van der Waals surface area contributed by atoms with E-state index < -0.39 is 0 Å². The second-order valence-corrected chi connectivity index (χ2v) is 5.57. The van der Waals surface area contributed by atoms with Gasteiger partial charge in [0.1, 0.15) is 0 Å². The molecule has 1 saturated heterocycles. The molecule has 2 heteroatoms. The molecular formula is C17H29NO. The van der Waals surface area contributed by atoms with Crippen LogP contribution in [0.5, 0.6) is 0 Å². The standard InChI is InChI=1S/C15H23NO.C2H6/c1-5-11-10-15(3,4)17-14(12(11)6-2)13-8-7-9-16-13;1-2/h5-6,13-14,16H,1-2,7-10H2,3-4H3;1-2H3. The molecule has 0 aromatic carbocycles. The third kappa shape index (κ3) is 3.80. The topological polar surface area (TPSA) is 21.3 Å². The Bertz CT molecular complexity index is 348. The van der Waals surface area contributed by atoms with Gasteiger partial charge in [-0.25, -0.2) is 0 Å². The van der Waals surface area contributed by atoms with E-state index >= 15 is 0 Å². The van der Waals surface area contributed by atoms with E-state index in [1.165, 1.54) is 24.0 Å². The van der Waals surface area contributed by atoms with E-state index in [1.807, 2.05) is 26.0 Å². The van der Waals surface area contributed by atoms with Crippen LogP contribution < -0.4 is 5.32 Å². The molecule has 2 aliphatic rings. The number of rotatable bonds is 3. The zero-order valence-electron chi connectivity index (χ0n) is 13.0. The molecule has 0 aliphatic carbocycles. The van der Waals surface area contributed by atoms with E-state index in [-0.39, 0.29) is 11.7 Å². The highest BCUT2D eigenvalue weighted by Crippen LogP contribution is 2.36. The second-order valence-electron chi connectivity index (χ2n) is 5.57. The minimum Gasteiger partial charge on any atom is -0.366 e. The van der Waals surface area contributed by atoms with Gasteiger partial charge in [-0.3, -0.25) is 0 Å². The van der Waals surface area contributed by atoms with Crippen LogP contribution in [-0.2, 0) is 4.74 Å². The van der Waals surface area contributed by atoms with Gasteiger partial charge in [-0.15, -0.1) is 0 Å². The number of allylic oxidation sites excluding steroid dienone is 1. The van der Waals surface area contributed by atoms with Crippen LogP contribution in [0.3, 0.4) is 0 Å². The molecule has 108 valence electrons. The third-order valence-corrected chi connectivity index (χ3v) is 3.67. The summed E-state index contributed by atoms with van der Waals surface area (Å²) >= 11 is 0. The highest BCUT2D eigenvalue weighted by atomic mass is 16.5. The molecule has 2 rings (SSSR count). The van der Waals surface area contributed by atoms with Crippen LogP contribution in [0.2, 0.25) is 0 Å². The monoisotopic (exact) mass is 263 g/mol. The first-order chi connectivity index (χ1) is 9.07. The summed E-state index contributed by atoms with van der Waals surface area (Å²) in [5, 5.41) is 3.53. The predicted octanol–water partition coefficient (Wildman–Crippen LogP) is 4.00. The highest BCUT2D eigenvalue weighted by molar-refractivity contribution is 5.38. The Hall–Kier alpha value is -0.860. The number of ether oxygens (including phenoxy) is 1. The number of hydrogen-bond acceptors (Lipinski definition) is 2. The maximum atomic E-state index is 6.25. The molecular weight excluding hydrogens is 234 g/mol. The summed E-state index contributed by atoms with van der Waals surface area (Å²) in [6.07, 6.45) is 7.37. The lowest BCUT2D eigenvalue weighted by Gasteiger charge is -2.40. The normalized spacial score (nSPS) is 29.5. The van der Waals surface area contributed by atoms with E-state index in [4.69, 9.17) is 4.74 Å². The van der Waals surface area contributed by atoms with E-state index in [1.54, 1.807) is 0 Å². The molecule has 0 aromatic rings. The molecule has 19 heavy (non-hydrogen) atoms. The molecule has 2 aliphatic heterocycles. The molecule has 2 atom stereocenters. The van der Waals surface area contributed by atoms with Crippen molar-refractivity contribution in [2.45, 2.75) is 64.7 Å². The summed E-state index contributed by atoms with van der Waals surface area (Å²) in [4.78, 5) is 0. The quantitative estimate of drug-likeness (QED) is 0.831. The Morgan fingerprint density at radius 3 is 2.42 bits per heavy atom. The first kappa shape index (κ1) is 16.2. The summed E-state index contributed by atoms with van der Waals surface area (Å²) in [6.45, 7) is 17.3. The molecule has 2 heterocycles. The van der Waals surface area contributed by atoms with E-state index in [2.05, 4.69) is 32.3 Å². The molecule has 0 aromatic heterocycles. The molecule has 1 fully saturated rings. The molecule has 0 bridgehead atoms. The summed E-state index contributed by atoms with van der Waals surface area (Å²) in [6, 6.07) is 0.428. The van der Waals surface area contributed by atoms with Gasteiger partial charge in [-0.2, -0.15) is 0 Å². The molecule has 0 amide bonds. The zero-order chi connectivity index (χ0) is 14.5. The zero-order valence-corrected chi connectivity index (χ0v) is 13.0. The van der Waals surface area contributed by atoms with Crippen LogP contribution in [0.25, 0.3) is 0 Å². The predicted molar refractivity (Wildman–Crippen MR) is 83.4 cm³/mol. The largest absolute Gasteiger partial charge is 0.366 e. The van der Waals surface area contributed by atoms with Gasteiger partial charge in [0.15, 0.2) is 0 Å². The lowest BCUT2D eigenvalue weighted by Crippen LogP contribution is -2.46. The van der Waals surface area contributed by atoms with Crippen molar-refractivity contribution < 1.29 is 4.74 Å². The lowest BCUT2D eigenvalue weighted by molar-refractivity contribution is -0.0748. The van der Waals surface area contributed by atoms with Gasteiger partial charge >= 0.3 is 0 Å². The molecule has 2 nitrogen and oxygen atoms in total. The fraction of sp³-hybridized carbons (Fsp3) is 0.647. The van der Waals surface area contributed by atoms with E-state index in [0.717, 1.165) is 13.0 Å². The Labute approximate surface area is 118 Å². The SMILES string of the molecule is C=CC1=C(C=C)C(C2CCCN2)OC(C)(C)C1.CC. The van der Waals surface area contributed by atoms with Crippen molar-refractivity contribution in [2.24, 2.45) is 0 Å². The molecule has 0 spiro atoms. The minimum absolute atomic E-state index is 0.106. The van der Waals surface area contributed by atoms with E-state index in [0.29, 0.717) is 6.04 Å². The van der Waals surface area contributed by atoms with Crippen molar-refractivity contribution in [3.63, 3.8) is 0 Å². The average molecular weight is 263 g/mol. The van der Waals surface area contributed by atoms with Crippen molar-refractivity contribution in [1.29, 1.82) is 0 Å². The number of hydrogen-bond donors (Lipinski definition) is 1. The summed E-state index contributed by atoms with van der Waals surface area (Å²) in [5.74, 6) is 0. The first-order valence-corrected chi connectivity index (χ1v) is 7.46. The van der Waals surface area contributed by atoms with Gasteiger partial charge < -0.3 is 10.1 Å². The van der Waals surface area contributed by atoms with Crippen LogP contribution in [0, 0.1) is 0 Å². The number of nitrogens with one attached hydrogen (secondary N) is 1. The summed E-state index contributed by atoms with van der Waals surface area (Å²) < 4.78 is 6.25. The molecule has 0 radical (unpaired) electrons. The average Bonchev–Trinajstić information content (AvgIpc) is 2.93. The van der Waals surface area contributed by atoms with Crippen molar-refractivity contribution in [3.05, 3.63) is 36.5 Å². The Morgan fingerprint density at radius 1 is 1.26 bits per heavy atom. The lowest BCUT2D eigenvalue weighted by atomic mass is 9.85. The van der Waals surface area contributed by atoms with E-state index in [9.17, 15) is 0 Å². The molecule has 1 N–H and O–H groups in total. The fourth-order valence-corrected chi connectivity index (χ4v) is 2.90. The van der Waals surface area contributed by atoms with Crippen LogP contribution >= 0.6 is 0 Å². The van der Waals surface area contributed by atoms with Crippen molar-refractivity contribution in [2.75, 3.05) is 6.54 Å². The summed E-state index contributed by atoms with van der Waals surface area (Å²) in [7, 11) is 0. The van der Waals surface area contributed by atoms with Gasteiger partial charge in [0, 0.05) is 12.5 Å². The van der Waals surface area contributed by atoms with Crippen LogP contribution in [0.15, 0.2) is 36.5 Å². The first-order valence-electron chi connectivity index (χ1n) is 7.46. The van der Waals surface area contributed by atoms with Crippen LogP contribution in [0.4, 0.5) is 0 Å². The molecule has 2 unspecified atom stereocenters. The Morgan fingerprint density at radius 2 is 1.95 bits per heavy atom. The van der Waals surface area contributed by atoms with Crippen molar-refractivity contribution in [1.82, 2.24) is 5.32 Å². The second kappa shape index (κ2) is 7.06.